The maximum Gasteiger partial charge on any atom is 0.212 e. The molecule has 8 heterocycles. The van der Waals surface area contributed by atoms with Crippen LogP contribution in [0.5, 0.6) is 0 Å². The summed E-state index contributed by atoms with van der Waals surface area (Å²) >= 11 is 0. The molecule has 546 valence electrons. The molecule has 16 rings (SSSR count). The zero-order valence-corrected chi connectivity index (χ0v) is 68.9. The minimum absolute atomic E-state index is 0.291. The van der Waals surface area contributed by atoms with E-state index in [9.17, 15) is 0 Å². The Morgan fingerprint density at radius 1 is 0.308 bits per heavy atom. The largest absolute Gasteiger partial charge is 0.257 e. The fraction of sp³-hybridized carbons (Fsp3) is 0.354. The Balaban J connectivity index is 0.000000126. The average Bonchev–Trinajstić information content (AvgIpc) is 1.68. The smallest absolute Gasteiger partial charge is 0.212 e. The van der Waals surface area contributed by atoms with Gasteiger partial charge >= 0.3 is 0 Å². The number of nitrogens with zero attached hydrogens (tertiary/aromatic N) is 8. The third-order valence-corrected chi connectivity index (χ3v) is 23.3. The van der Waals surface area contributed by atoms with Gasteiger partial charge in [0.15, 0.2) is 24.8 Å². The van der Waals surface area contributed by atoms with Gasteiger partial charge in [-0.05, 0) is 257 Å². The van der Waals surface area contributed by atoms with Crippen molar-refractivity contribution in [3.05, 3.63) is 281 Å². The molecule has 0 aliphatic heterocycles. The number of aryl methyl sites for hydroxylation is 12. The highest BCUT2D eigenvalue weighted by molar-refractivity contribution is 5.85. The first-order valence-electron chi connectivity index (χ1n) is 39.1. The Kier molecular flexibility index (Phi) is 20.9. The third kappa shape index (κ3) is 14.9. The lowest BCUT2D eigenvalue weighted by atomic mass is 9.86. The van der Waals surface area contributed by atoms with Crippen molar-refractivity contribution in [2.75, 3.05) is 0 Å². The molecule has 0 saturated carbocycles. The fourth-order valence-corrected chi connectivity index (χ4v) is 17.6. The van der Waals surface area contributed by atoms with Crippen molar-refractivity contribution < 1.29 is 18.3 Å². The van der Waals surface area contributed by atoms with Crippen LogP contribution in [0, 0.1) is 94.4 Å². The Labute approximate surface area is 639 Å². The van der Waals surface area contributed by atoms with E-state index in [2.05, 4.69) is 338 Å². The zero-order valence-electron chi connectivity index (χ0n) is 68.9. The van der Waals surface area contributed by atoms with Crippen LogP contribution in [0.2, 0.25) is 0 Å². The van der Waals surface area contributed by atoms with Gasteiger partial charge in [-0.2, -0.15) is 0 Å². The number of hydrogen-bond acceptors (Lipinski definition) is 4. The molecule has 4 aromatic carbocycles. The standard InChI is InChI=1S/C26H31N2.C25H29N2.2C24H27N2/c1-16-12-25(28(7)15-19(16)14-26(4,5)6)20-10-11-21-22-9-8-17(2)27-24(22)13-23(21)18(20)3;1-15(2)11-19-12-25(27(6)14-16(19)3)20-9-10-21-22-8-7-17(4)26-24(22)13-23(21)18(20)5;1-14(2)21-12-24(26(6)13-15(21)3)18-9-10-19-20-8-7-16(4)25-23(20)11-22(19)17(18)5;1-14(2)22-13-26(6)24(11-15(22)3)18-9-10-19-20-8-7-16(4)25-23(20)12-21(19)17(18)5/h8-12,15H,13-14H2,1-7H3;7-10,12,14-15H,11,13H2,1-6H3;7-10,12-14H,11H2,1-6H3;7-11,13-14H,12H2,1-6H3/q4*+1. The summed E-state index contributed by atoms with van der Waals surface area (Å²) < 4.78 is 9.12. The van der Waals surface area contributed by atoms with E-state index >= 15 is 0 Å². The van der Waals surface area contributed by atoms with Gasteiger partial charge in [-0.15, -0.1) is 0 Å². The molecular formula is C99H114N8+4. The second-order valence-corrected chi connectivity index (χ2v) is 34.0. The van der Waals surface area contributed by atoms with Gasteiger partial charge in [0.05, 0.1) is 22.8 Å². The predicted octanol–water partition coefficient (Wildman–Crippen LogP) is 21.3. The van der Waals surface area contributed by atoms with Crippen molar-refractivity contribution in [1.82, 2.24) is 19.9 Å². The molecule has 0 N–H and O–H groups in total. The lowest BCUT2D eigenvalue weighted by molar-refractivity contribution is -0.661. The van der Waals surface area contributed by atoms with E-state index in [4.69, 9.17) is 19.9 Å². The minimum Gasteiger partial charge on any atom is -0.257 e. The maximum atomic E-state index is 4.78. The first-order chi connectivity index (χ1) is 50.7. The molecule has 0 fully saturated rings. The Hall–Kier alpha value is -9.92. The summed E-state index contributed by atoms with van der Waals surface area (Å²) in [5.41, 5.74) is 53.2. The summed E-state index contributed by atoms with van der Waals surface area (Å²) in [7, 11) is 8.65. The molecule has 8 heteroatoms. The molecule has 8 nitrogen and oxygen atoms in total. The first-order valence-corrected chi connectivity index (χ1v) is 39.1. The molecule has 0 radical (unpaired) electrons. The van der Waals surface area contributed by atoms with Gasteiger partial charge < -0.3 is 0 Å². The molecule has 0 spiro atoms. The van der Waals surface area contributed by atoms with Crippen molar-refractivity contribution in [2.24, 2.45) is 39.5 Å². The van der Waals surface area contributed by atoms with E-state index in [1.807, 2.05) is 0 Å². The van der Waals surface area contributed by atoms with Gasteiger partial charge in [0, 0.05) is 139 Å². The molecule has 8 aromatic heterocycles. The maximum absolute atomic E-state index is 4.78. The van der Waals surface area contributed by atoms with Crippen LogP contribution in [0.25, 0.3) is 89.5 Å². The van der Waals surface area contributed by atoms with Crippen LogP contribution in [0.4, 0.5) is 0 Å². The van der Waals surface area contributed by atoms with Gasteiger partial charge in [-0.25, -0.2) is 18.3 Å². The van der Waals surface area contributed by atoms with E-state index in [1.165, 1.54) is 201 Å². The van der Waals surface area contributed by atoms with Crippen LogP contribution in [0.3, 0.4) is 0 Å². The average molecular weight is 1420 g/mol. The zero-order chi connectivity index (χ0) is 76.7. The van der Waals surface area contributed by atoms with Crippen molar-refractivity contribution in [2.45, 2.75) is 196 Å². The summed E-state index contributed by atoms with van der Waals surface area (Å²) in [6, 6.07) is 45.2. The predicted molar refractivity (Wildman–Crippen MR) is 443 cm³/mol. The lowest BCUT2D eigenvalue weighted by Crippen LogP contribution is -2.32. The van der Waals surface area contributed by atoms with E-state index in [0.717, 1.165) is 61.3 Å². The molecular weight excluding hydrogens is 1300 g/mol. The quantitative estimate of drug-likeness (QED) is 0.135. The van der Waals surface area contributed by atoms with E-state index in [-0.39, 0.29) is 0 Å². The van der Waals surface area contributed by atoms with Crippen LogP contribution in [-0.4, -0.2) is 19.9 Å². The summed E-state index contributed by atoms with van der Waals surface area (Å²) in [5.74, 6) is 1.73. The number of fused-ring (bicyclic) bond motifs is 12. The topological polar surface area (TPSA) is 67.1 Å². The summed E-state index contributed by atoms with van der Waals surface area (Å²) in [6.07, 6.45) is 15.1. The SMILES string of the molecule is Cc1ccc2c(n1)Cc1c-2ccc(-c2cc(C(C)C)c(C)c[n+]2C)c1C.Cc1ccc2c(n1)Cc1c-2ccc(-c2cc(C)c(C(C)C)c[n+]2C)c1C.Cc1ccc2c(n1)Cc1c-2ccc(-c2cc(C)c(CC(C)(C)C)c[n+]2C)c1C.Cc1ccc2c(n1)Cc1c-2ccc(-c2cc(CC(C)C)c(C)c[n+]2C)c1C. The highest BCUT2D eigenvalue weighted by atomic mass is 14.9. The number of hydrogen-bond donors (Lipinski definition) is 0. The van der Waals surface area contributed by atoms with Crippen LogP contribution in [-0.2, 0) is 66.7 Å². The fourth-order valence-electron chi connectivity index (χ4n) is 17.6. The number of aromatic nitrogens is 8. The van der Waals surface area contributed by atoms with E-state index in [0.29, 0.717) is 23.2 Å². The van der Waals surface area contributed by atoms with Crippen LogP contribution >= 0.6 is 0 Å². The van der Waals surface area contributed by atoms with Gasteiger partial charge in [0.1, 0.15) is 28.2 Å². The van der Waals surface area contributed by atoms with Gasteiger partial charge in [0.25, 0.3) is 0 Å². The second-order valence-electron chi connectivity index (χ2n) is 34.0. The van der Waals surface area contributed by atoms with Crippen molar-refractivity contribution in [3.63, 3.8) is 0 Å². The monoisotopic (exact) mass is 1410 g/mol. The lowest BCUT2D eigenvalue weighted by Gasteiger charge is -2.19. The molecule has 0 saturated heterocycles. The number of rotatable bonds is 9. The van der Waals surface area contributed by atoms with Crippen LogP contribution < -0.4 is 18.3 Å². The van der Waals surface area contributed by atoms with Crippen molar-refractivity contribution >= 4 is 0 Å². The first kappa shape index (κ1) is 75.3. The van der Waals surface area contributed by atoms with Gasteiger partial charge in [0.2, 0.25) is 22.8 Å². The van der Waals surface area contributed by atoms with Crippen molar-refractivity contribution in [3.8, 4) is 89.5 Å². The second kappa shape index (κ2) is 29.7. The molecule has 0 amide bonds. The van der Waals surface area contributed by atoms with Crippen LogP contribution in [0.1, 0.15) is 209 Å². The van der Waals surface area contributed by atoms with Gasteiger partial charge in [-0.3, -0.25) is 19.9 Å². The van der Waals surface area contributed by atoms with Crippen molar-refractivity contribution in [1.29, 1.82) is 0 Å². The molecule has 12 aromatic rings. The molecule has 0 unspecified atom stereocenters. The van der Waals surface area contributed by atoms with Gasteiger partial charge in [-0.1, -0.05) is 111 Å². The third-order valence-electron chi connectivity index (χ3n) is 23.3. The Morgan fingerprint density at radius 2 is 0.607 bits per heavy atom. The molecule has 4 aliphatic rings. The molecule has 107 heavy (non-hydrogen) atoms. The van der Waals surface area contributed by atoms with Crippen LogP contribution in [0.15, 0.2) is 146 Å². The van der Waals surface area contributed by atoms with E-state index in [1.54, 1.807) is 0 Å². The van der Waals surface area contributed by atoms with E-state index < -0.39 is 0 Å². The highest BCUT2D eigenvalue weighted by Gasteiger charge is 2.32. The Bertz CT molecular complexity index is 5550. The summed E-state index contributed by atoms with van der Waals surface area (Å²) in [4.78, 5) is 19.1. The molecule has 0 atom stereocenters. The summed E-state index contributed by atoms with van der Waals surface area (Å²) in [6.45, 7) is 46.8. The molecule has 4 aliphatic carbocycles. The Morgan fingerprint density at radius 3 is 0.953 bits per heavy atom. The number of pyridine rings is 8. The minimum atomic E-state index is 0.291. The molecule has 0 bridgehead atoms. The number of benzene rings is 4. The highest BCUT2D eigenvalue weighted by Crippen LogP contribution is 2.46. The summed E-state index contributed by atoms with van der Waals surface area (Å²) in [5, 5.41) is 0. The normalized spacial score (nSPS) is 12.5.